The number of hydrogen-bond donors (Lipinski definition) is 1. The Labute approximate surface area is 187 Å². The van der Waals surface area contributed by atoms with Crippen molar-refractivity contribution in [3.8, 4) is 27.7 Å². The Balaban J connectivity index is 1.57. The molecule has 164 valence electrons. The van der Waals surface area contributed by atoms with Crippen molar-refractivity contribution in [1.29, 1.82) is 0 Å². The number of benzene rings is 1. The fourth-order valence-electron chi connectivity index (χ4n) is 4.26. The maximum Gasteiger partial charge on any atom is 0.337 e. The van der Waals surface area contributed by atoms with Crippen LogP contribution < -0.4 is 4.74 Å². The average Bonchev–Trinajstić information content (AvgIpc) is 3.40. The molecule has 2 aromatic heterocycles. The van der Waals surface area contributed by atoms with E-state index in [0.717, 1.165) is 52.9 Å². The van der Waals surface area contributed by atoms with Gasteiger partial charge in [-0.25, -0.2) is 9.78 Å². The summed E-state index contributed by atoms with van der Waals surface area (Å²) in [4.78, 5) is 19.1. The van der Waals surface area contributed by atoms with Gasteiger partial charge in [0.2, 0.25) is 0 Å². The van der Waals surface area contributed by atoms with Gasteiger partial charge in [-0.3, -0.25) is 0 Å². The van der Waals surface area contributed by atoms with E-state index in [2.05, 4.69) is 9.47 Å². The number of rotatable bonds is 8. The summed E-state index contributed by atoms with van der Waals surface area (Å²) >= 11 is 1.57. The van der Waals surface area contributed by atoms with Crippen LogP contribution in [0.2, 0.25) is 0 Å². The Morgan fingerprint density at radius 1 is 1.16 bits per heavy atom. The standard InChI is InChI=1S/C24H29N3O3S/c1-17-20(24(28)29)15-22(27(17)14-6-13-26-11-4-3-5-12-26)21-16-31-23(25-21)18-7-9-19(30-2)10-8-18/h7-10,15-16H,3-6,11-14H2,1-2H3,(H,28,29). The van der Waals surface area contributed by atoms with Crippen molar-refractivity contribution >= 4 is 17.3 Å². The van der Waals surface area contributed by atoms with Gasteiger partial charge in [0.25, 0.3) is 0 Å². The molecule has 31 heavy (non-hydrogen) atoms. The quantitative estimate of drug-likeness (QED) is 0.524. The van der Waals surface area contributed by atoms with E-state index >= 15 is 0 Å². The zero-order valence-corrected chi connectivity index (χ0v) is 19.0. The maximum atomic E-state index is 11.8. The number of piperidine rings is 1. The molecule has 0 radical (unpaired) electrons. The number of carboxylic acids is 1. The molecular weight excluding hydrogens is 410 g/mol. The van der Waals surface area contributed by atoms with Crippen LogP contribution in [0.4, 0.5) is 0 Å². The number of thiazole rings is 1. The first kappa shape index (κ1) is 21.6. The van der Waals surface area contributed by atoms with E-state index < -0.39 is 5.97 Å². The number of aromatic carboxylic acids is 1. The van der Waals surface area contributed by atoms with Gasteiger partial charge in [-0.1, -0.05) is 6.42 Å². The summed E-state index contributed by atoms with van der Waals surface area (Å²) in [5.41, 5.74) is 3.87. The second kappa shape index (κ2) is 9.66. The van der Waals surface area contributed by atoms with Crippen LogP contribution in [0.25, 0.3) is 22.0 Å². The van der Waals surface area contributed by atoms with Crippen molar-refractivity contribution in [2.75, 3.05) is 26.7 Å². The van der Waals surface area contributed by atoms with Gasteiger partial charge in [0.1, 0.15) is 10.8 Å². The Hall–Kier alpha value is -2.64. The minimum atomic E-state index is -0.890. The third-order valence-corrected chi connectivity index (χ3v) is 6.90. The number of ether oxygens (including phenoxy) is 1. The molecule has 0 saturated carbocycles. The number of hydrogen-bond acceptors (Lipinski definition) is 5. The Morgan fingerprint density at radius 2 is 1.90 bits per heavy atom. The molecule has 1 fully saturated rings. The van der Waals surface area contributed by atoms with E-state index in [1.807, 2.05) is 36.6 Å². The zero-order valence-electron chi connectivity index (χ0n) is 18.1. The lowest BCUT2D eigenvalue weighted by Gasteiger charge is -2.26. The van der Waals surface area contributed by atoms with Crippen LogP contribution in [0.5, 0.6) is 5.75 Å². The number of likely N-dealkylation sites (tertiary alicyclic amines) is 1. The predicted molar refractivity (Wildman–Crippen MR) is 124 cm³/mol. The molecular formula is C24H29N3O3S. The van der Waals surface area contributed by atoms with Crippen molar-refractivity contribution in [3.63, 3.8) is 0 Å². The molecule has 1 aliphatic rings. The molecule has 0 spiro atoms. The Kier molecular flexibility index (Phi) is 6.73. The van der Waals surface area contributed by atoms with Gasteiger partial charge < -0.3 is 19.3 Å². The molecule has 1 aliphatic heterocycles. The molecule has 1 N–H and O–H groups in total. The molecule has 3 aromatic rings. The second-order valence-electron chi connectivity index (χ2n) is 8.01. The lowest BCUT2D eigenvalue weighted by atomic mass is 10.1. The summed E-state index contributed by atoms with van der Waals surface area (Å²) in [5.74, 6) is -0.0797. The number of nitrogens with zero attached hydrogens (tertiary/aromatic N) is 3. The van der Waals surface area contributed by atoms with Crippen LogP contribution in [-0.2, 0) is 6.54 Å². The van der Waals surface area contributed by atoms with E-state index in [9.17, 15) is 9.90 Å². The van der Waals surface area contributed by atoms with E-state index in [4.69, 9.17) is 9.72 Å². The minimum absolute atomic E-state index is 0.354. The number of methoxy groups -OCH3 is 1. The van der Waals surface area contributed by atoms with E-state index in [1.165, 1.54) is 32.4 Å². The average molecular weight is 440 g/mol. The molecule has 6 nitrogen and oxygen atoms in total. The van der Waals surface area contributed by atoms with Crippen molar-refractivity contribution in [3.05, 3.63) is 47.0 Å². The lowest BCUT2D eigenvalue weighted by Crippen LogP contribution is -2.31. The Morgan fingerprint density at radius 3 is 2.58 bits per heavy atom. The van der Waals surface area contributed by atoms with Gasteiger partial charge in [-0.15, -0.1) is 11.3 Å². The molecule has 0 atom stereocenters. The van der Waals surface area contributed by atoms with Crippen LogP contribution in [0.15, 0.2) is 35.7 Å². The number of aromatic nitrogens is 2. The molecule has 0 unspecified atom stereocenters. The first-order valence-electron chi connectivity index (χ1n) is 10.8. The largest absolute Gasteiger partial charge is 0.497 e. The van der Waals surface area contributed by atoms with Gasteiger partial charge in [0.05, 0.1) is 24.1 Å². The van der Waals surface area contributed by atoms with Crippen molar-refractivity contribution in [1.82, 2.24) is 14.5 Å². The maximum absolute atomic E-state index is 11.8. The lowest BCUT2D eigenvalue weighted by molar-refractivity contribution is 0.0696. The highest BCUT2D eigenvalue weighted by atomic mass is 32.1. The minimum Gasteiger partial charge on any atom is -0.497 e. The highest BCUT2D eigenvalue weighted by Crippen LogP contribution is 2.32. The van der Waals surface area contributed by atoms with E-state index in [0.29, 0.717) is 5.56 Å². The first-order chi connectivity index (χ1) is 15.1. The molecule has 0 aliphatic carbocycles. The first-order valence-corrected chi connectivity index (χ1v) is 11.7. The summed E-state index contributed by atoms with van der Waals surface area (Å²) < 4.78 is 7.36. The summed E-state index contributed by atoms with van der Waals surface area (Å²) in [5, 5.41) is 12.6. The molecule has 0 bridgehead atoms. The molecule has 0 amide bonds. The summed E-state index contributed by atoms with van der Waals surface area (Å²) in [6.07, 6.45) is 4.89. The van der Waals surface area contributed by atoms with Crippen LogP contribution in [0, 0.1) is 6.92 Å². The van der Waals surface area contributed by atoms with Crippen molar-refractivity contribution in [2.24, 2.45) is 0 Å². The molecule has 3 heterocycles. The van der Waals surface area contributed by atoms with Crippen molar-refractivity contribution in [2.45, 2.75) is 39.2 Å². The van der Waals surface area contributed by atoms with E-state index in [-0.39, 0.29) is 0 Å². The summed E-state index contributed by atoms with van der Waals surface area (Å²) in [6.45, 7) is 6.09. The monoisotopic (exact) mass is 439 g/mol. The highest BCUT2D eigenvalue weighted by molar-refractivity contribution is 7.13. The third-order valence-electron chi connectivity index (χ3n) is 6.01. The van der Waals surface area contributed by atoms with Crippen LogP contribution >= 0.6 is 11.3 Å². The molecule has 1 aromatic carbocycles. The van der Waals surface area contributed by atoms with Crippen LogP contribution in [0.1, 0.15) is 41.7 Å². The predicted octanol–water partition coefficient (Wildman–Crippen LogP) is 5.17. The van der Waals surface area contributed by atoms with E-state index in [1.54, 1.807) is 24.5 Å². The highest BCUT2D eigenvalue weighted by Gasteiger charge is 2.20. The fraction of sp³-hybridized carbons (Fsp3) is 0.417. The number of carboxylic acid groups (broad SMARTS) is 1. The fourth-order valence-corrected chi connectivity index (χ4v) is 5.07. The van der Waals surface area contributed by atoms with Gasteiger partial charge in [0, 0.05) is 23.2 Å². The van der Waals surface area contributed by atoms with Gasteiger partial charge in [0.15, 0.2) is 0 Å². The van der Waals surface area contributed by atoms with Gasteiger partial charge in [-0.05, 0) is 76.2 Å². The van der Waals surface area contributed by atoms with Crippen molar-refractivity contribution < 1.29 is 14.6 Å². The summed E-state index contributed by atoms with van der Waals surface area (Å²) in [7, 11) is 1.65. The Bertz CT molecular complexity index is 1030. The SMILES string of the molecule is COc1ccc(-c2nc(-c3cc(C(=O)O)c(C)n3CCCN3CCCCC3)cs2)cc1. The number of carbonyl (C=O) groups is 1. The zero-order chi connectivity index (χ0) is 21.8. The van der Waals surface area contributed by atoms with Gasteiger partial charge in [-0.2, -0.15) is 0 Å². The van der Waals surface area contributed by atoms with Crippen LogP contribution in [0.3, 0.4) is 0 Å². The molecule has 7 heteroatoms. The smallest absolute Gasteiger partial charge is 0.337 e. The normalized spacial score (nSPS) is 14.6. The molecule has 1 saturated heterocycles. The topological polar surface area (TPSA) is 67.6 Å². The van der Waals surface area contributed by atoms with Crippen LogP contribution in [-0.4, -0.2) is 52.3 Å². The summed E-state index contributed by atoms with van der Waals surface area (Å²) in [6, 6.07) is 9.60. The third kappa shape index (κ3) is 4.83. The van der Waals surface area contributed by atoms with Gasteiger partial charge >= 0.3 is 5.97 Å². The second-order valence-corrected chi connectivity index (χ2v) is 8.87. The molecule has 4 rings (SSSR count).